The molecule has 1 fully saturated rings. The number of benzene rings is 2. The maximum Gasteiger partial charge on any atom is 0.258 e. The van der Waals surface area contributed by atoms with Crippen LogP contribution in [0.2, 0.25) is 5.02 Å². The van der Waals surface area contributed by atoms with Gasteiger partial charge in [0.1, 0.15) is 23.7 Å². The minimum absolute atomic E-state index is 0.261. The highest BCUT2D eigenvalue weighted by Crippen LogP contribution is 2.28. The molecular formula is C23H26ClFN2O4. The van der Waals surface area contributed by atoms with Gasteiger partial charge >= 0.3 is 0 Å². The number of methoxy groups -OCH3 is 2. The van der Waals surface area contributed by atoms with Crippen LogP contribution in [0.5, 0.6) is 5.75 Å². The zero-order valence-electron chi connectivity index (χ0n) is 17.7. The SMILES string of the molecule is COc1ccc(Cl)cc1C(=O)N1CCC[C@@H]1C(=O)N[C@H](C)[C@@H](OC)c1ccc(F)cc1. The second-order valence-corrected chi connectivity index (χ2v) is 7.94. The van der Waals surface area contributed by atoms with Crippen LogP contribution in [-0.4, -0.2) is 49.6 Å². The Kier molecular flexibility index (Phi) is 7.51. The van der Waals surface area contributed by atoms with Crippen molar-refractivity contribution in [2.75, 3.05) is 20.8 Å². The Morgan fingerprint density at radius 2 is 1.90 bits per heavy atom. The number of likely N-dealkylation sites (tertiary alicyclic amines) is 1. The molecule has 1 aliphatic rings. The van der Waals surface area contributed by atoms with Crippen LogP contribution in [0.1, 0.15) is 41.8 Å². The summed E-state index contributed by atoms with van der Waals surface area (Å²) in [4.78, 5) is 27.8. The molecule has 31 heavy (non-hydrogen) atoms. The molecule has 166 valence electrons. The quantitative estimate of drug-likeness (QED) is 0.695. The molecule has 2 aromatic carbocycles. The summed E-state index contributed by atoms with van der Waals surface area (Å²) >= 11 is 6.07. The number of carbonyl (C=O) groups excluding carboxylic acids is 2. The summed E-state index contributed by atoms with van der Waals surface area (Å²) in [6.45, 7) is 2.28. The van der Waals surface area contributed by atoms with Crippen LogP contribution in [-0.2, 0) is 9.53 Å². The monoisotopic (exact) mass is 448 g/mol. The van der Waals surface area contributed by atoms with Gasteiger partial charge in [0.15, 0.2) is 0 Å². The van der Waals surface area contributed by atoms with Crippen LogP contribution in [0.3, 0.4) is 0 Å². The fourth-order valence-corrected chi connectivity index (χ4v) is 4.13. The van der Waals surface area contributed by atoms with Crippen LogP contribution in [0.25, 0.3) is 0 Å². The summed E-state index contributed by atoms with van der Waals surface area (Å²) in [6, 6.07) is 9.80. The van der Waals surface area contributed by atoms with Gasteiger partial charge in [-0.3, -0.25) is 9.59 Å². The number of hydrogen-bond donors (Lipinski definition) is 1. The van der Waals surface area contributed by atoms with Crippen LogP contribution >= 0.6 is 11.6 Å². The Morgan fingerprint density at radius 1 is 1.19 bits per heavy atom. The molecule has 1 saturated heterocycles. The van der Waals surface area contributed by atoms with Gasteiger partial charge in [0.05, 0.1) is 18.7 Å². The van der Waals surface area contributed by atoms with Crippen molar-refractivity contribution in [3.05, 3.63) is 64.4 Å². The Bertz CT molecular complexity index is 938. The summed E-state index contributed by atoms with van der Waals surface area (Å²) < 4.78 is 24.1. The molecule has 0 spiro atoms. The molecule has 0 aliphatic carbocycles. The lowest BCUT2D eigenvalue weighted by atomic mass is 10.0. The lowest BCUT2D eigenvalue weighted by molar-refractivity contribution is -0.126. The maximum atomic E-state index is 13.2. The first-order valence-corrected chi connectivity index (χ1v) is 10.5. The Hall–Kier alpha value is -2.64. The summed E-state index contributed by atoms with van der Waals surface area (Å²) in [7, 11) is 3.02. The van der Waals surface area contributed by atoms with Gasteiger partial charge in [0.2, 0.25) is 5.91 Å². The molecular weight excluding hydrogens is 423 g/mol. The second kappa shape index (κ2) is 10.1. The molecule has 2 amide bonds. The maximum absolute atomic E-state index is 13.2. The zero-order valence-corrected chi connectivity index (χ0v) is 18.5. The summed E-state index contributed by atoms with van der Waals surface area (Å²) in [6.07, 6.45) is 0.817. The van der Waals surface area contributed by atoms with Crippen molar-refractivity contribution in [3.8, 4) is 5.75 Å². The number of rotatable bonds is 7. The first-order chi connectivity index (χ1) is 14.8. The summed E-state index contributed by atoms with van der Waals surface area (Å²) in [5, 5.41) is 3.37. The molecule has 0 unspecified atom stereocenters. The molecule has 0 aromatic heterocycles. The molecule has 0 saturated carbocycles. The van der Waals surface area contributed by atoms with Crippen LogP contribution in [0, 0.1) is 5.82 Å². The van der Waals surface area contributed by atoms with E-state index in [0.717, 1.165) is 5.56 Å². The molecule has 1 N–H and O–H groups in total. The Labute approximate surface area is 186 Å². The molecule has 1 heterocycles. The van der Waals surface area contributed by atoms with Crippen molar-refractivity contribution >= 4 is 23.4 Å². The van der Waals surface area contributed by atoms with Crippen LogP contribution in [0.15, 0.2) is 42.5 Å². The molecule has 6 nitrogen and oxygen atoms in total. The van der Waals surface area contributed by atoms with Crippen LogP contribution in [0.4, 0.5) is 4.39 Å². The number of hydrogen-bond acceptors (Lipinski definition) is 4. The van der Waals surface area contributed by atoms with E-state index in [1.807, 2.05) is 6.92 Å². The van der Waals surface area contributed by atoms with Crippen molar-refractivity contribution in [2.24, 2.45) is 0 Å². The predicted octanol–water partition coefficient (Wildman–Crippen LogP) is 3.98. The number of amides is 2. The van der Waals surface area contributed by atoms with E-state index in [0.29, 0.717) is 35.7 Å². The third-order valence-corrected chi connectivity index (χ3v) is 5.72. The van der Waals surface area contributed by atoms with Crippen molar-refractivity contribution in [1.82, 2.24) is 10.2 Å². The lowest BCUT2D eigenvalue weighted by Gasteiger charge is -2.29. The average molecular weight is 449 g/mol. The van der Waals surface area contributed by atoms with Crippen molar-refractivity contribution in [3.63, 3.8) is 0 Å². The molecule has 0 bridgehead atoms. The first kappa shape index (κ1) is 23.0. The number of carbonyl (C=O) groups is 2. The highest BCUT2D eigenvalue weighted by Gasteiger charge is 2.36. The minimum Gasteiger partial charge on any atom is -0.496 e. The van der Waals surface area contributed by atoms with E-state index < -0.39 is 12.1 Å². The fraction of sp³-hybridized carbons (Fsp3) is 0.391. The van der Waals surface area contributed by atoms with E-state index in [-0.39, 0.29) is 23.7 Å². The number of nitrogens with one attached hydrogen (secondary N) is 1. The highest BCUT2D eigenvalue weighted by atomic mass is 35.5. The van der Waals surface area contributed by atoms with Gasteiger partial charge in [0.25, 0.3) is 5.91 Å². The number of ether oxygens (including phenoxy) is 2. The Morgan fingerprint density at radius 3 is 2.55 bits per heavy atom. The minimum atomic E-state index is -0.607. The molecule has 3 atom stereocenters. The first-order valence-electron chi connectivity index (χ1n) is 10.1. The predicted molar refractivity (Wildman–Crippen MR) is 116 cm³/mol. The lowest BCUT2D eigenvalue weighted by Crippen LogP contribution is -2.49. The second-order valence-electron chi connectivity index (χ2n) is 7.51. The highest BCUT2D eigenvalue weighted by molar-refractivity contribution is 6.31. The normalized spacial score (nSPS) is 17.8. The van der Waals surface area contributed by atoms with Gasteiger partial charge in [0, 0.05) is 18.7 Å². The largest absolute Gasteiger partial charge is 0.496 e. The van der Waals surface area contributed by atoms with E-state index in [2.05, 4.69) is 5.32 Å². The van der Waals surface area contributed by atoms with Gasteiger partial charge < -0.3 is 19.7 Å². The molecule has 0 radical (unpaired) electrons. The van der Waals surface area contributed by atoms with Crippen molar-refractivity contribution in [1.29, 1.82) is 0 Å². The summed E-state index contributed by atoms with van der Waals surface area (Å²) in [5.74, 6) is -0.494. The standard InChI is InChI=1S/C23H26ClFN2O4/c1-14(21(31-3)15-6-9-17(25)10-7-15)26-22(28)19-5-4-12-27(19)23(29)18-13-16(24)8-11-20(18)30-2/h6-11,13-14,19,21H,4-5,12H2,1-3H3,(H,26,28)/t14-,19-,21-/m1/s1. The van der Waals surface area contributed by atoms with E-state index in [1.165, 1.54) is 26.4 Å². The Balaban J connectivity index is 1.74. The molecule has 2 aromatic rings. The van der Waals surface area contributed by atoms with Crippen molar-refractivity contribution in [2.45, 2.75) is 38.0 Å². The van der Waals surface area contributed by atoms with Gasteiger partial charge in [-0.05, 0) is 55.7 Å². The van der Waals surface area contributed by atoms with Gasteiger partial charge in [-0.2, -0.15) is 0 Å². The molecule has 1 aliphatic heterocycles. The number of halogens is 2. The van der Waals surface area contributed by atoms with Gasteiger partial charge in [-0.25, -0.2) is 4.39 Å². The third-order valence-electron chi connectivity index (χ3n) is 5.48. The van der Waals surface area contributed by atoms with E-state index in [9.17, 15) is 14.0 Å². The number of nitrogens with zero attached hydrogens (tertiary/aromatic N) is 1. The van der Waals surface area contributed by atoms with Crippen LogP contribution < -0.4 is 10.1 Å². The van der Waals surface area contributed by atoms with Gasteiger partial charge in [-0.15, -0.1) is 0 Å². The van der Waals surface area contributed by atoms with Crippen molar-refractivity contribution < 1.29 is 23.5 Å². The van der Waals surface area contributed by atoms with E-state index >= 15 is 0 Å². The van der Waals surface area contributed by atoms with E-state index in [4.69, 9.17) is 21.1 Å². The average Bonchev–Trinajstić information content (AvgIpc) is 3.25. The van der Waals surface area contributed by atoms with E-state index in [1.54, 1.807) is 35.2 Å². The molecule has 3 rings (SSSR count). The van der Waals surface area contributed by atoms with Gasteiger partial charge in [-0.1, -0.05) is 23.7 Å². The topological polar surface area (TPSA) is 67.9 Å². The zero-order chi connectivity index (χ0) is 22.5. The third kappa shape index (κ3) is 5.17. The summed E-state index contributed by atoms with van der Waals surface area (Å²) in [5.41, 5.74) is 1.07. The fourth-order valence-electron chi connectivity index (χ4n) is 3.96. The smallest absolute Gasteiger partial charge is 0.258 e. The molecule has 8 heteroatoms.